The van der Waals surface area contributed by atoms with E-state index in [0.29, 0.717) is 0 Å². The molecule has 1 nitrogen and oxygen atoms in total. The molecule has 2 aliphatic carbocycles. The molecule has 1 heteroatoms. The summed E-state index contributed by atoms with van der Waals surface area (Å²) in [4.78, 5) is 0. The van der Waals surface area contributed by atoms with E-state index < -0.39 is 0 Å². The van der Waals surface area contributed by atoms with Gasteiger partial charge in [-0.25, -0.2) is 0 Å². The van der Waals surface area contributed by atoms with Crippen molar-refractivity contribution >= 4 is 0 Å². The molecular formula is C17H33N. The van der Waals surface area contributed by atoms with Crippen LogP contribution in [0.3, 0.4) is 0 Å². The smallest absolute Gasteiger partial charge is 0.0240 e. The molecule has 2 aliphatic rings. The molecule has 0 spiro atoms. The predicted octanol–water partition coefficient (Wildman–Crippen LogP) is 4.60. The first-order chi connectivity index (χ1) is 8.50. The molecule has 0 heterocycles. The molecular weight excluding hydrogens is 218 g/mol. The molecule has 5 atom stereocenters. The van der Waals surface area contributed by atoms with Crippen molar-refractivity contribution in [3.8, 4) is 0 Å². The first kappa shape index (κ1) is 14.4. The fourth-order valence-corrected chi connectivity index (χ4v) is 4.99. The van der Waals surface area contributed by atoms with E-state index in [2.05, 4.69) is 27.7 Å². The lowest BCUT2D eigenvalue weighted by Crippen LogP contribution is -2.56. The summed E-state index contributed by atoms with van der Waals surface area (Å²) in [5, 5.41) is 0. The minimum absolute atomic E-state index is 0.175. The van der Waals surface area contributed by atoms with Crippen LogP contribution in [-0.2, 0) is 0 Å². The van der Waals surface area contributed by atoms with Crippen molar-refractivity contribution in [3.63, 3.8) is 0 Å². The SMILES string of the molecule is CC[C@H](CCCC(C)C)[C@@]1(N)C2CC[C@H](C2)[C@H]1C. The molecule has 0 aromatic carbocycles. The second kappa shape index (κ2) is 5.53. The van der Waals surface area contributed by atoms with Crippen molar-refractivity contribution in [1.29, 1.82) is 0 Å². The molecule has 0 amide bonds. The van der Waals surface area contributed by atoms with E-state index in [-0.39, 0.29) is 5.54 Å². The Morgan fingerprint density at radius 2 is 1.94 bits per heavy atom. The Bertz CT molecular complexity index is 269. The van der Waals surface area contributed by atoms with E-state index in [0.717, 1.165) is 29.6 Å². The molecule has 0 aromatic rings. The topological polar surface area (TPSA) is 26.0 Å². The third kappa shape index (κ3) is 2.35. The lowest BCUT2D eigenvalue weighted by Gasteiger charge is -2.45. The van der Waals surface area contributed by atoms with E-state index in [9.17, 15) is 0 Å². The number of hydrogen-bond acceptors (Lipinski definition) is 1. The van der Waals surface area contributed by atoms with Crippen molar-refractivity contribution in [1.82, 2.24) is 0 Å². The van der Waals surface area contributed by atoms with Crippen LogP contribution in [0.4, 0.5) is 0 Å². The van der Waals surface area contributed by atoms with Gasteiger partial charge in [-0.3, -0.25) is 0 Å². The highest BCUT2D eigenvalue weighted by molar-refractivity contribution is 5.11. The molecule has 0 radical (unpaired) electrons. The monoisotopic (exact) mass is 251 g/mol. The Morgan fingerprint density at radius 3 is 2.44 bits per heavy atom. The van der Waals surface area contributed by atoms with E-state index in [1.165, 1.54) is 44.9 Å². The molecule has 0 aliphatic heterocycles. The van der Waals surface area contributed by atoms with E-state index >= 15 is 0 Å². The first-order valence-corrected chi connectivity index (χ1v) is 8.28. The maximum atomic E-state index is 6.96. The van der Waals surface area contributed by atoms with Crippen molar-refractivity contribution in [2.45, 2.75) is 78.2 Å². The summed E-state index contributed by atoms with van der Waals surface area (Å²) in [6.07, 6.45) is 9.67. The van der Waals surface area contributed by atoms with E-state index in [1.807, 2.05) is 0 Å². The van der Waals surface area contributed by atoms with Crippen LogP contribution in [0.15, 0.2) is 0 Å². The second-order valence-electron chi connectivity index (χ2n) is 7.49. The largest absolute Gasteiger partial charge is 0.324 e. The molecule has 2 N–H and O–H groups in total. The molecule has 106 valence electrons. The zero-order valence-corrected chi connectivity index (χ0v) is 12.9. The maximum absolute atomic E-state index is 6.96. The van der Waals surface area contributed by atoms with Crippen LogP contribution in [0, 0.1) is 29.6 Å². The fraction of sp³-hybridized carbons (Fsp3) is 1.00. The lowest BCUT2D eigenvalue weighted by atomic mass is 9.65. The quantitative estimate of drug-likeness (QED) is 0.733. The number of nitrogens with two attached hydrogens (primary N) is 1. The van der Waals surface area contributed by atoms with Gasteiger partial charge in [-0.2, -0.15) is 0 Å². The molecule has 0 saturated heterocycles. The van der Waals surface area contributed by atoms with Crippen molar-refractivity contribution < 1.29 is 0 Å². The Labute approximate surface area is 114 Å². The van der Waals surface area contributed by atoms with Gasteiger partial charge in [-0.1, -0.05) is 47.0 Å². The Hall–Kier alpha value is -0.0400. The van der Waals surface area contributed by atoms with Crippen LogP contribution in [-0.4, -0.2) is 5.54 Å². The van der Waals surface area contributed by atoms with Crippen molar-refractivity contribution in [2.24, 2.45) is 35.3 Å². The van der Waals surface area contributed by atoms with Crippen LogP contribution in [0.1, 0.15) is 72.6 Å². The predicted molar refractivity (Wildman–Crippen MR) is 79.4 cm³/mol. The van der Waals surface area contributed by atoms with Gasteiger partial charge in [0.05, 0.1) is 0 Å². The summed E-state index contributed by atoms with van der Waals surface area (Å²) >= 11 is 0. The van der Waals surface area contributed by atoms with Crippen LogP contribution < -0.4 is 5.73 Å². The molecule has 2 fully saturated rings. The van der Waals surface area contributed by atoms with Gasteiger partial charge in [0, 0.05) is 5.54 Å². The Morgan fingerprint density at radius 1 is 1.22 bits per heavy atom. The lowest BCUT2D eigenvalue weighted by molar-refractivity contribution is 0.102. The molecule has 1 unspecified atom stereocenters. The van der Waals surface area contributed by atoms with Crippen LogP contribution in [0.25, 0.3) is 0 Å². The molecule has 18 heavy (non-hydrogen) atoms. The van der Waals surface area contributed by atoms with Gasteiger partial charge in [0.15, 0.2) is 0 Å². The zero-order chi connectivity index (χ0) is 13.3. The summed E-state index contributed by atoms with van der Waals surface area (Å²) < 4.78 is 0. The first-order valence-electron chi connectivity index (χ1n) is 8.28. The third-order valence-electron chi connectivity index (χ3n) is 6.21. The van der Waals surface area contributed by atoms with Gasteiger partial charge in [0.2, 0.25) is 0 Å². The number of rotatable bonds is 6. The Kier molecular flexibility index (Phi) is 4.41. The van der Waals surface area contributed by atoms with Crippen molar-refractivity contribution in [2.75, 3.05) is 0 Å². The van der Waals surface area contributed by atoms with E-state index in [1.54, 1.807) is 0 Å². The summed E-state index contributed by atoms with van der Waals surface area (Å²) in [5.41, 5.74) is 7.13. The van der Waals surface area contributed by atoms with Gasteiger partial charge in [-0.05, 0) is 55.3 Å². The summed E-state index contributed by atoms with van der Waals surface area (Å²) in [5.74, 6) is 4.15. The maximum Gasteiger partial charge on any atom is 0.0240 e. The standard InChI is InChI=1S/C17H33N/c1-5-15(8-6-7-12(2)3)17(18)13(4)14-9-10-16(17)11-14/h12-16H,5-11,18H2,1-4H3/t13-,14-,15-,16?,17-/m1/s1. The third-order valence-corrected chi connectivity index (χ3v) is 6.21. The Balaban J connectivity index is 1.98. The molecule has 0 aromatic heterocycles. The van der Waals surface area contributed by atoms with Crippen LogP contribution in [0.2, 0.25) is 0 Å². The zero-order valence-electron chi connectivity index (χ0n) is 12.9. The highest BCUT2D eigenvalue weighted by Gasteiger charge is 2.56. The average molecular weight is 251 g/mol. The number of fused-ring (bicyclic) bond motifs is 2. The summed E-state index contributed by atoms with van der Waals surface area (Å²) in [6.45, 7) is 9.46. The normalized spacial score (nSPS) is 40.7. The minimum atomic E-state index is 0.175. The average Bonchev–Trinajstić information content (AvgIpc) is 2.88. The van der Waals surface area contributed by atoms with Gasteiger partial charge < -0.3 is 5.73 Å². The van der Waals surface area contributed by atoms with Gasteiger partial charge >= 0.3 is 0 Å². The molecule has 2 bridgehead atoms. The van der Waals surface area contributed by atoms with Gasteiger partial charge in [0.1, 0.15) is 0 Å². The van der Waals surface area contributed by atoms with Crippen LogP contribution >= 0.6 is 0 Å². The van der Waals surface area contributed by atoms with Crippen LogP contribution in [0.5, 0.6) is 0 Å². The van der Waals surface area contributed by atoms with Crippen molar-refractivity contribution in [3.05, 3.63) is 0 Å². The minimum Gasteiger partial charge on any atom is -0.324 e. The molecule has 2 rings (SSSR count). The van der Waals surface area contributed by atoms with Gasteiger partial charge in [-0.15, -0.1) is 0 Å². The summed E-state index contributed by atoms with van der Waals surface area (Å²) in [6, 6.07) is 0. The highest BCUT2D eigenvalue weighted by atomic mass is 14.9. The summed E-state index contributed by atoms with van der Waals surface area (Å²) in [7, 11) is 0. The number of hydrogen-bond donors (Lipinski definition) is 1. The second-order valence-corrected chi connectivity index (χ2v) is 7.49. The van der Waals surface area contributed by atoms with E-state index in [4.69, 9.17) is 5.73 Å². The highest BCUT2D eigenvalue weighted by Crippen LogP contribution is 2.57. The van der Waals surface area contributed by atoms with Gasteiger partial charge in [0.25, 0.3) is 0 Å². The fourth-order valence-electron chi connectivity index (χ4n) is 4.99. The molecule has 2 saturated carbocycles.